The number of hydrogen-bond acceptors (Lipinski definition) is 3. The molecule has 0 radical (unpaired) electrons. The Morgan fingerprint density at radius 1 is 1.47 bits per heavy atom. The van der Waals surface area contributed by atoms with Crippen LogP contribution in [0.1, 0.15) is 32.8 Å². The Morgan fingerprint density at radius 3 is 2.59 bits per heavy atom. The summed E-state index contributed by atoms with van der Waals surface area (Å²) in [5.41, 5.74) is 0.838. The van der Waals surface area contributed by atoms with Crippen LogP contribution in [0.25, 0.3) is 0 Å². The van der Waals surface area contributed by atoms with Gasteiger partial charge in [-0.1, -0.05) is 20.8 Å². The number of thioether (sulfide) groups is 1. The van der Waals surface area contributed by atoms with Gasteiger partial charge in [0.2, 0.25) is 0 Å². The van der Waals surface area contributed by atoms with Gasteiger partial charge in [0.1, 0.15) is 5.75 Å². The summed E-state index contributed by atoms with van der Waals surface area (Å²) in [7, 11) is 0. The van der Waals surface area contributed by atoms with Crippen LogP contribution in [0, 0.1) is 0 Å². The molecule has 0 saturated carbocycles. The molecule has 1 rings (SSSR count). The highest BCUT2D eigenvalue weighted by Crippen LogP contribution is 2.36. The first-order valence-corrected chi connectivity index (χ1v) is 6.72. The van der Waals surface area contributed by atoms with Gasteiger partial charge < -0.3 is 9.84 Å². The van der Waals surface area contributed by atoms with Crippen LogP contribution in [0.3, 0.4) is 0 Å². The van der Waals surface area contributed by atoms with Crippen LogP contribution in [0.5, 0.6) is 5.75 Å². The van der Waals surface area contributed by atoms with Crippen LogP contribution in [0.2, 0.25) is 0 Å². The maximum absolute atomic E-state index is 10.7. The molecule has 94 valence electrons. The molecule has 0 aromatic heterocycles. The van der Waals surface area contributed by atoms with Crippen molar-refractivity contribution < 1.29 is 14.6 Å². The fourth-order valence-corrected chi connectivity index (χ4v) is 1.98. The van der Waals surface area contributed by atoms with E-state index in [4.69, 9.17) is 9.84 Å². The minimum Gasteiger partial charge on any atom is -0.449 e. The third-order valence-corrected chi connectivity index (χ3v) is 3.72. The molecule has 0 fully saturated rings. The molecular formula is C13H18O3S. The van der Waals surface area contributed by atoms with E-state index in [2.05, 4.69) is 20.8 Å². The molecule has 3 nitrogen and oxygen atoms in total. The SMILES string of the molecule is CCC(C)(C)c1cc(SC)ccc1OC(=O)O. The van der Waals surface area contributed by atoms with E-state index < -0.39 is 6.16 Å². The van der Waals surface area contributed by atoms with Crippen molar-refractivity contribution in [3.05, 3.63) is 23.8 Å². The fourth-order valence-electron chi connectivity index (χ4n) is 1.54. The first-order valence-electron chi connectivity index (χ1n) is 5.50. The highest BCUT2D eigenvalue weighted by atomic mass is 32.2. The summed E-state index contributed by atoms with van der Waals surface area (Å²) < 4.78 is 4.84. The Morgan fingerprint density at radius 2 is 2.12 bits per heavy atom. The van der Waals surface area contributed by atoms with Gasteiger partial charge in [-0.05, 0) is 36.3 Å². The topological polar surface area (TPSA) is 46.5 Å². The number of hydrogen-bond donors (Lipinski definition) is 1. The van der Waals surface area contributed by atoms with Crippen molar-refractivity contribution in [2.24, 2.45) is 0 Å². The van der Waals surface area contributed by atoms with Crippen LogP contribution >= 0.6 is 11.8 Å². The molecule has 0 spiro atoms. The predicted octanol–water partition coefficient (Wildman–Crippen LogP) is 4.15. The molecule has 1 aromatic carbocycles. The summed E-state index contributed by atoms with van der Waals surface area (Å²) in [4.78, 5) is 11.8. The normalized spacial score (nSPS) is 11.3. The largest absolute Gasteiger partial charge is 0.511 e. The summed E-state index contributed by atoms with van der Waals surface area (Å²) in [6.45, 7) is 6.25. The van der Waals surface area contributed by atoms with Crippen molar-refractivity contribution in [3.63, 3.8) is 0 Å². The number of carboxylic acid groups (broad SMARTS) is 1. The van der Waals surface area contributed by atoms with Gasteiger partial charge in [-0.3, -0.25) is 0 Å². The van der Waals surface area contributed by atoms with Gasteiger partial charge in [-0.2, -0.15) is 0 Å². The molecule has 0 aliphatic heterocycles. The number of carbonyl (C=O) groups is 1. The minimum absolute atomic E-state index is 0.101. The molecule has 0 unspecified atom stereocenters. The van der Waals surface area contributed by atoms with Gasteiger partial charge in [0.15, 0.2) is 0 Å². The molecule has 4 heteroatoms. The molecule has 0 atom stereocenters. The first-order chi connectivity index (χ1) is 7.90. The van der Waals surface area contributed by atoms with Crippen LogP contribution in [-0.2, 0) is 5.41 Å². The second-order valence-corrected chi connectivity index (χ2v) is 5.35. The van der Waals surface area contributed by atoms with Crippen molar-refractivity contribution in [3.8, 4) is 5.75 Å². The molecule has 0 heterocycles. The summed E-state index contributed by atoms with van der Waals surface area (Å²) in [6.07, 6.45) is 1.64. The monoisotopic (exact) mass is 254 g/mol. The van der Waals surface area contributed by atoms with Crippen LogP contribution in [0.4, 0.5) is 4.79 Å². The maximum atomic E-state index is 10.7. The summed E-state index contributed by atoms with van der Waals surface area (Å²) in [5.74, 6) is 0.433. The van der Waals surface area contributed by atoms with Crippen molar-refractivity contribution in [2.75, 3.05) is 6.26 Å². The molecule has 0 amide bonds. The van der Waals surface area contributed by atoms with Crippen molar-refractivity contribution in [2.45, 2.75) is 37.5 Å². The number of benzene rings is 1. The van der Waals surface area contributed by atoms with Crippen molar-refractivity contribution >= 4 is 17.9 Å². The Balaban J connectivity index is 3.25. The Hall–Kier alpha value is -1.16. The first kappa shape index (κ1) is 13.9. The Labute approximate surface area is 106 Å². The van der Waals surface area contributed by atoms with Crippen LogP contribution < -0.4 is 4.74 Å². The zero-order valence-electron chi connectivity index (χ0n) is 10.6. The molecule has 0 aliphatic carbocycles. The quantitative estimate of drug-likeness (QED) is 0.498. The van der Waals surface area contributed by atoms with E-state index in [1.807, 2.05) is 18.4 Å². The van der Waals surface area contributed by atoms with E-state index in [1.165, 1.54) is 0 Å². The number of rotatable bonds is 4. The van der Waals surface area contributed by atoms with E-state index in [1.54, 1.807) is 17.8 Å². The molecule has 0 bridgehead atoms. The van der Waals surface area contributed by atoms with E-state index in [9.17, 15) is 4.79 Å². The lowest BCUT2D eigenvalue weighted by molar-refractivity contribution is 0.143. The van der Waals surface area contributed by atoms with E-state index >= 15 is 0 Å². The minimum atomic E-state index is -1.27. The highest BCUT2D eigenvalue weighted by Gasteiger charge is 2.24. The molecule has 17 heavy (non-hydrogen) atoms. The second kappa shape index (κ2) is 5.45. The summed E-state index contributed by atoms with van der Waals surface area (Å²) in [6, 6.07) is 5.61. The van der Waals surface area contributed by atoms with Gasteiger partial charge in [0.05, 0.1) is 0 Å². The third kappa shape index (κ3) is 3.40. The third-order valence-electron chi connectivity index (χ3n) is 3.00. The smallest absolute Gasteiger partial charge is 0.449 e. The lowest BCUT2D eigenvalue weighted by Gasteiger charge is -2.25. The lowest BCUT2D eigenvalue weighted by atomic mass is 9.82. The van der Waals surface area contributed by atoms with Gasteiger partial charge in [-0.15, -0.1) is 11.8 Å². The molecule has 1 aromatic rings. The zero-order valence-corrected chi connectivity index (χ0v) is 11.4. The second-order valence-electron chi connectivity index (χ2n) is 4.47. The van der Waals surface area contributed by atoms with Gasteiger partial charge in [-0.25, -0.2) is 4.79 Å². The standard InChI is InChI=1S/C13H18O3S/c1-5-13(2,3)10-8-9(17-4)6-7-11(10)16-12(14)15/h6-8H,5H2,1-4H3,(H,14,15). The number of ether oxygens (including phenoxy) is 1. The van der Waals surface area contributed by atoms with Crippen molar-refractivity contribution in [1.82, 2.24) is 0 Å². The van der Waals surface area contributed by atoms with Crippen molar-refractivity contribution in [1.29, 1.82) is 0 Å². The zero-order chi connectivity index (χ0) is 13.1. The predicted molar refractivity (Wildman–Crippen MR) is 70.2 cm³/mol. The lowest BCUT2D eigenvalue weighted by Crippen LogP contribution is -2.18. The fraction of sp³-hybridized carbons (Fsp3) is 0.462. The maximum Gasteiger partial charge on any atom is 0.511 e. The van der Waals surface area contributed by atoms with Crippen LogP contribution in [0.15, 0.2) is 23.1 Å². The highest BCUT2D eigenvalue weighted by molar-refractivity contribution is 7.98. The van der Waals surface area contributed by atoms with E-state index in [-0.39, 0.29) is 5.41 Å². The molecule has 0 saturated heterocycles. The van der Waals surface area contributed by atoms with Gasteiger partial charge in [0.25, 0.3) is 0 Å². The summed E-state index contributed by atoms with van der Waals surface area (Å²) >= 11 is 1.63. The Kier molecular flexibility index (Phi) is 4.46. The molecule has 0 aliphatic rings. The molecular weight excluding hydrogens is 236 g/mol. The summed E-state index contributed by atoms with van der Waals surface area (Å²) in [5, 5.41) is 8.73. The molecule has 1 N–H and O–H groups in total. The van der Waals surface area contributed by atoms with Gasteiger partial charge in [0, 0.05) is 10.5 Å². The van der Waals surface area contributed by atoms with E-state index in [0.717, 1.165) is 16.9 Å². The Bertz CT molecular complexity index is 413. The average Bonchev–Trinajstić information content (AvgIpc) is 2.28. The average molecular weight is 254 g/mol. The van der Waals surface area contributed by atoms with Gasteiger partial charge >= 0.3 is 6.16 Å². The van der Waals surface area contributed by atoms with Crippen LogP contribution in [-0.4, -0.2) is 17.5 Å². The van der Waals surface area contributed by atoms with E-state index in [0.29, 0.717) is 5.75 Å².